The third-order valence-corrected chi connectivity index (χ3v) is 4.20. The number of benzene rings is 1. The standard InChI is InChI=1S/C20H18N2O4/c1-13-18(20(25)26-2)16(10-15-7-3-4-8-17(15)23)19(24)22(13)12-14-6-5-9-21-11-14/h3-11,23H,12H2,1-2H3. The molecule has 1 aliphatic heterocycles. The molecule has 26 heavy (non-hydrogen) atoms. The normalized spacial score (nSPS) is 15.7. The van der Waals surface area contributed by atoms with Gasteiger partial charge in [0.05, 0.1) is 24.8 Å². The Morgan fingerprint density at radius 1 is 1.27 bits per heavy atom. The van der Waals surface area contributed by atoms with Crippen molar-refractivity contribution in [3.05, 3.63) is 76.8 Å². The van der Waals surface area contributed by atoms with Crippen LogP contribution in [0.1, 0.15) is 18.1 Å². The van der Waals surface area contributed by atoms with Crippen molar-refractivity contribution in [3.8, 4) is 5.75 Å². The molecule has 1 N–H and O–H groups in total. The number of carbonyl (C=O) groups is 2. The highest BCUT2D eigenvalue weighted by Crippen LogP contribution is 2.33. The number of esters is 1. The molecule has 0 fully saturated rings. The second kappa shape index (κ2) is 7.23. The molecule has 132 valence electrons. The van der Waals surface area contributed by atoms with E-state index in [4.69, 9.17) is 4.74 Å². The lowest BCUT2D eigenvalue weighted by atomic mass is 10.0. The predicted octanol–water partition coefficient (Wildman–Crippen LogP) is 2.66. The molecule has 0 saturated carbocycles. The van der Waals surface area contributed by atoms with Gasteiger partial charge in [-0.3, -0.25) is 9.78 Å². The monoisotopic (exact) mass is 350 g/mol. The van der Waals surface area contributed by atoms with Gasteiger partial charge >= 0.3 is 5.97 Å². The van der Waals surface area contributed by atoms with Crippen LogP contribution in [0.5, 0.6) is 5.75 Å². The Morgan fingerprint density at radius 2 is 2.04 bits per heavy atom. The minimum Gasteiger partial charge on any atom is -0.507 e. The highest BCUT2D eigenvalue weighted by molar-refractivity contribution is 6.16. The topological polar surface area (TPSA) is 79.7 Å². The summed E-state index contributed by atoms with van der Waals surface area (Å²) in [6.07, 6.45) is 4.83. The number of hydrogen-bond donors (Lipinski definition) is 1. The van der Waals surface area contributed by atoms with Crippen LogP contribution < -0.4 is 0 Å². The Kier molecular flexibility index (Phi) is 4.84. The molecule has 0 radical (unpaired) electrons. The molecule has 1 aromatic carbocycles. The van der Waals surface area contributed by atoms with Gasteiger partial charge in [0.25, 0.3) is 5.91 Å². The molecule has 2 aromatic rings. The van der Waals surface area contributed by atoms with Crippen LogP contribution in [0.25, 0.3) is 6.08 Å². The van der Waals surface area contributed by atoms with Gasteiger partial charge < -0.3 is 14.7 Å². The fourth-order valence-electron chi connectivity index (χ4n) is 2.86. The van der Waals surface area contributed by atoms with Crippen LogP contribution in [-0.2, 0) is 20.9 Å². The van der Waals surface area contributed by atoms with Gasteiger partial charge in [-0.1, -0.05) is 24.3 Å². The van der Waals surface area contributed by atoms with Crippen molar-refractivity contribution < 1.29 is 19.4 Å². The van der Waals surface area contributed by atoms with Crippen molar-refractivity contribution in [1.82, 2.24) is 9.88 Å². The maximum Gasteiger partial charge on any atom is 0.340 e. The van der Waals surface area contributed by atoms with E-state index in [1.54, 1.807) is 43.6 Å². The zero-order chi connectivity index (χ0) is 18.7. The molecule has 6 heteroatoms. The summed E-state index contributed by atoms with van der Waals surface area (Å²) in [5.41, 5.74) is 2.19. The SMILES string of the molecule is COC(=O)C1=C(C)N(Cc2cccnc2)C(=O)C1=Cc1ccccc1O. The fourth-order valence-corrected chi connectivity index (χ4v) is 2.86. The number of phenols is 1. The second-order valence-electron chi connectivity index (χ2n) is 5.82. The van der Waals surface area contributed by atoms with Crippen molar-refractivity contribution in [2.45, 2.75) is 13.5 Å². The van der Waals surface area contributed by atoms with Crippen LogP contribution in [0, 0.1) is 0 Å². The summed E-state index contributed by atoms with van der Waals surface area (Å²) in [5, 5.41) is 10.00. The number of amides is 1. The van der Waals surface area contributed by atoms with Gasteiger partial charge in [-0.15, -0.1) is 0 Å². The third-order valence-electron chi connectivity index (χ3n) is 4.20. The average molecular weight is 350 g/mol. The molecule has 1 aromatic heterocycles. The van der Waals surface area contributed by atoms with E-state index in [1.807, 2.05) is 6.07 Å². The highest BCUT2D eigenvalue weighted by Gasteiger charge is 2.37. The molecule has 3 rings (SSSR count). The summed E-state index contributed by atoms with van der Waals surface area (Å²) in [7, 11) is 1.27. The number of allylic oxidation sites excluding steroid dienone is 1. The number of phenolic OH excluding ortho intramolecular Hbond substituents is 1. The number of para-hydroxylation sites is 1. The first-order chi connectivity index (χ1) is 12.5. The Balaban J connectivity index is 2.05. The summed E-state index contributed by atoms with van der Waals surface area (Å²) >= 11 is 0. The van der Waals surface area contributed by atoms with Gasteiger partial charge in [0.2, 0.25) is 0 Å². The molecule has 6 nitrogen and oxygen atoms in total. The smallest absolute Gasteiger partial charge is 0.340 e. The number of aromatic nitrogens is 1. The number of rotatable bonds is 4. The van der Waals surface area contributed by atoms with Crippen LogP contribution >= 0.6 is 0 Å². The number of aromatic hydroxyl groups is 1. The van der Waals surface area contributed by atoms with Gasteiger partial charge in [-0.05, 0) is 30.7 Å². The van der Waals surface area contributed by atoms with E-state index in [2.05, 4.69) is 4.98 Å². The Hall–Kier alpha value is -3.41. The van der Waals surface area contributed by atoms with Gasteiger partial charge in [-0.2, -0.15) is 0 Å². The summed E-state index contributed by atoms with van der Waals surface area (Å²) in [5.74, 6) is -0.887. The van der Waals surface area contributed by atoms with E-state index in [0.29, 0.717) is 11.3 Å². The Labute approximate surface area is 151 Å². The van der Waals surface area contributed by atoms with E-state index in [-0.39, 0.29) is 29.3 Å². The van der Waals surface area contributed by atoms with Crippen molar-refractivity contribution in [1.29, 1.82) is 0 Å². The summed E-state index contributed by atoms with van der Waals surface area (Å²) in [6, 6.07) is 10.3. The first kappa shape index (κ1) is 17.4. The lowest BCUT2D eigenvalue weighted by Gasteiger charge is -2.17. The first-order valence-corrected chi connectivity index (χ1v) is 8.03. The molecule has 0 unspecified atom stereocenters. The average Bonchev–Trinajstić information content (AvgIpc) is 2.88. The van der Waals surface area contributed by atoms with E-state index in [9.17, 15) is 14.7 Å². The minimum atomic E-state index is -0.591. The Morgan fingerprint density at radius 3 is 2.69 bits per heavy atom. The van der Waals surface area contributed by atoms with Crippen molar-refractivity contribution in [2.24, 2.45) is 0 Å². The largest absolute Gasteiger partial charge is 0.507 e. The zero-order valence-corrected chi connectivity index (χ0v) is 14.5. The van der Waals surface area contributed by atoms with Gasteiger partial charge in [-0.25, -0.2) is 4.79 Å². The van der Waals surface area contributed by atoms with Crippen molar-refractivity contribution in [2.75, 3.05) is 7.11 Å². The molecular weight excluding hydrogens is 332 g/mol. The highest BCUT2D eigenvalue weighted by atomic mass is 16.5. The first-order valence-electron chi connectivity index (χ1n) is 8.03. The summed E-state index contributed by atoms with van der Waals surface area (Å²) < 4.78 is 4.86. The number of pyridine rings is 1. The zero-order valence-electron chi connectivity index (χ0n) is 14.5. The van der Waals surface area contributed by atoms with E-state index >= 15 is 0 Å². The molecule has 0 spiro atoms. The quantitative estimate of drug-likeness (QED) is 0.677. The minimum absolute atomic E-state index is 0.0281. The van der Waals surface area contributed by atoms with Gasteiger partial charge in [0.15, 0.2) is 0 Å². The molecule has 0 saturated heterocycles. The maximum atomic E-state index is 13.0. The maximum absolute atomic E-state index is 13.0. The molecule has 0 atom stereocenters. The Bertz CT molecular complexity index is 916. The number of nitrogens with zero attached hydrogens (tertiary/aromatic N) is 2. The fraction of sp³-hybridized carbons (Fsp3) is 0.150. The number of methoxy groups -OCH3 is 1. The van der Waals surface area contributed by atoms with Crippen LogP contribution in [0.2, 0.25) is 0 Å². The van der Waals surface area contributed by atoms with Gasteiger partial charge in [0.1, 0.15) is 5.75 Å². The van der Waals surface area contributed by atoms with Gasteiger partial charge in [0, 0.05) is 23.7 Å². The number of carbonyl (C=O) groups excluding carboxylic acids is 2. The lowest BCUT2D eigenvalue weighted by Crippen LogP contribution is -2.24. The third kappa shape index (κ3) is 3.21. The molecule has 1 aliphatic rings. The van der Waals surface area contributed by atoms with E-state index in [1.165, 1.54) is 24.2 Å². The number of hydrogen-bond acceptors (Lipinski definition) is 5. The van der Waals surface area contributed by atoms with Crippen LogP contribution in [-0.4, -0.2) is 34.0 Å². The molecular formula is C20H18N2O4. The van der Waals surface area contributed by atoms with E-state index < -0.39 is 5.97 Å². The van der Waals surface area contributed by atoms with Crippen LogP contribution in [0.3, 0.4) is 0 Å². The number of ether oxygens (including phenoxy) is 1. The van der Waals surface area contributed by atoms with Crippen LogP contribution in [0.15, 0.2) is 65.6 Å². The molecule has 0 bridgehead atoms. The second-order valence-corrected chi connectivity index (χ2v) is 5.82. The molecule has 2 heterocycles. The summed E-state index contributed by atoms with van der Waals surface area (Å²) in [4.78, 5) is 30.8. The predicted molar refractivity (Wildman–Crippen MR) is 95.6 cm³/mol. The molecule has 1 amide bonds. The van der Waals surface area contributed by atoms with E-state index in [0.717, 1.165) is 5.56 Å². The van der Waals surface area contributed by atoms with Crippen LogP contribution in [0.4, 0.5) is 0 Å². The lowest BCUT2D eigenvalue weighted by molar-refractivity contribution is -0.136. The summed E-state index contributed by atoms with van der Waals surface area (Å²) in [6.45, 7) is 1.99. The van der Waals surface area contributed by atoms with Crippen molar-refractivity contribution in [3.63, 3.8) is 0 Å². The van der Waals surface area contributed by atoms with Crippen molar-refractivity contribution >= 4 is 18.0 Å². The molecule has 0 aliphatic carbocycles.